The van der Waals surface area contributed by atoms with E-state index in [1.807, 2.05) is 49.4 Å². The fraction of sp³-hybridized carbons (Fsp3) is 0.200. The van der Waals surface area contributed by atoms with Crippen LogP contribution in [0.3, 0.4) is 0 Å². The second kappa shape index (κ2) is 8.75. The molecule has 0 aliphatic carbocycles. The van der Waals surface area contributed by atoms with Crippen molar-refractivity contribution in [3.05, 3.63) is 77.4 Å². The van der Waals surface area contributed by atoms with E-state index in [-0.39, 0.29) is 5.91 Å². The van der Waals surface area contributed by atoms with Gasteiger partial charge in [0.2, 0.25) is 5.95 Å². The lowest BCUT2D eigenvalue weighted by atomic mass is 10.2. The summed E-state index contributed by atoms with van der Waals surface area (Å²) < 4.78 is 5.15. The van der Waals surface area contributed by atoms with Gasteiger partial charge in [-0.3, -0.25) is 9.78 Å². The number of carbonyl (C=O) groups excluding carboxylic acids is 1. The van der Waals surface area contributed by atoms with Crippen molar-refractivity contribution in [3.63, 3.8) is 0 Å². The number of hydrogen-bond donors (Lipinski definition) is 2. The molecule has 0 saturated carbocycles. The molecule has 0 spiro atoms. The lowest BCUT2D eigenvalue weighted by molar-refractivity contribution is 0.0945. The first-order valence-corrected chi connectivity index (χ1v) is 8.54. The van der Waals surface area contributed by atoms with Gasteiger partial charge < -0.3 is 15.4 Å². The first kappa shape index (κ1) is 18.3. The Balaban J connectivity index is 1.63. The van der Waals surface area contributed by atoms with Crippen LogP contribution < -0.4 is 15.4 Å². The fourth-order valence-electron chi connectivity index (χ4n) is 2.45. The molecular formula is C20H21N5O2. The third-order valence-electron chi connectivity index (χ3n) is 3.85. The molecule has 0 fully saturated rings. The second-order valence-corrected chi connectivity index (χ2v) is 5.92. The van der Waals surface area contributed by atoms with Crippen LogP contribution in [0.4, 0.5) is 5.95 Å². The SMILES string of the molecule is COc1ccc(CNc2nc(C)cc(C(=O)NCc3ccccn3)n2)cc1. The number of methoxy groups -OCH3 is 1. The normalized spacial score (nSPS) is 10.3. The molecule has 0 saturated heterocycles. The number of pyridine rings is 1. The zero-order valence-electron chi connectivity index (χ0n) is 15.3. The molecule has 2 N–H and O–H groups in total. The molecule has 0 radical (unpaired) electrons. The summed E-state index contributed by atoms with van der Waals surface area (Å²) in [4.78, 5) is 25.2. The lowest BCUT2D eigenvalue weighted by Gasteiger charge is -2.09. The van der Waals surface area contributed by atoms with Crippen LogP contribution in [-0.2, 0) is 13.1 Å². The number of amides is 1. The highest BCUT2D eigenvalue weighted by atomic mass is 16.5. The third kappa shape index (κ3) is 5.24. The van der Waals surface area contributed by atoms with Gasteiger partial charge in [0, 0.05) is 18.4 Å². The van der Waals surface area contributed by atoms with Crippen molar-refractivity contribution in [1.82, 2.24) is 20.3 Å². The van der Waals surface area contributed by atoms with Crippen molar-refractivity contribution in [1.29, 1.82) is 0 Å². The van der Waals surface area contributed by atoms with Crippen molar-refractivity contribution in [3.8, 4) is 5.75 Å². The minimum absolute atomic E-state index is 0.265. The van der Waals surface area contributed by atoms with Crippen LogP contribution in [0.25, 0.3) is 0 Å². The van der Waals surface area contributed by atoms with Crippen LogP contribution in [-0.4, -0.2) is 28.0 Å². The molecule has 0 bridgehead atoms. The van der Waals surface area contributed by atoms with Gasteiger partial charge in [0.1, 0.15) is 11.4 Å². The van der Waals surface area contributed by atoms with Gasteiger partial charge in [-0.25, -0.2) is 9.97 Å². The van der Waals surface area contributed by atoms with E-state index < -0.39 is 0 Å². The molecule has 2 aromatic heterocycles. The van der Waals surface area contributed by atoms with Gasteiger partial charge in [0.15, 0.2) is 0 Å². The molecule has 0 aliphatic heterocycles. The van der Waals surface area contributed by atoms with E-state index in [1.165, 1.54) is 0 Å². The Bertz CT molecular complexity index is 898. The number of benzene rings is 1. The molecule has 1 aromatic carbocycles. The van der Waals surface area contributed by atoms with Crippen molar-refractivity contribution in [2.45, 2.75) is 20.0 Å². The molecular weight excluding hydrogens is 342 g/mol. The third-order valence-corrected chi connectivity index (χ3v) is 3.85. The van der Waals surface area contributed by atoms with E-state index in [4.69, 9.17) is 4.74 Å². The Hall–Kier alpha value is -3.48. The van der Waals surface area contributed by atoms with Gasteiger partial charge in [0.05, 0.1) is 19.3 Å². The predicted octanol–water partition coefficient (Wildman–Crippen LogP) is 2.73. The van der Waals surface area contributed by atoms with Gasteiger partial charge in [-0.15, -0.1) is 0 Å². The van der Waals surface area contributed by atoms with Crippen LogP contribution in [0.15, 0.2) is 54.7 Å². The molecule has 0 unspecified atom stereocenters. The number of nitrogens with zero attached hydrogens (tertiary/aromatic N) is 3. The lowest BCUT2D eigenvalue weighted by Crippen LogP contribution is -2.25. The molecule has 0 aliphatic rings. The van der Waals surface area contributed by atoms with Crippen LogP contribution in [0, 0.1) is 6.92 Å². The summed E-state index contributed by atoms with van der Waals surface area (Å²) in [7, 11) is 1.63. The fourth-order valence-corrected chi connectivity index (χ4v) is 2.45. The number of anilines is 1. The van der Waals surface area contributed by atoms with E-state index in [2.05, 4.69) is 25.6 Å². The van der Waals surface area contributed by atoms with Crippen LogP contribution in [0.5, 0.6) is 5.75 Å². The Labute approximate surface area is 157 Å². The van der Waals surface area contributed by atoms with Crippen LogP contribution in [0.2, 0.25) is 0 Å². The van der Waals surface area contributed by atoms with Crippen molar-refractivity contribution < 1.29 is 9.53 Å². The molecule has 7 nitrogen and oxygen atoms in total. The van der Waals surface area contributed by atoms with Gasteiger partial charge in [-0.1, -0.05) is 18.2 Å². The molecule has 1 amide bonds. The van der Waals surface area contributed by atoms with Crippen molar-refractivity contribution in [2.75, 3.05) is 12.4 Å². The highest BCUT2D eigenvalue weighted by Crippen LogP contribution is 2.13. The van der Waals surface area contributed by atoms with Gasteiger partial charge >= 0.3 is 0 Å². The largest absolute Gasteiger partial charge is 0.497 e. The van der Waals surface area contributed by atoms with E-state index in [9.17, 15) is 4.79 Å². The monoisotopic (exact) mass is 363 g/mol. The van der Waals surface area contributed by atoms with Crippen molar-refractivity contribution >= 4 is 11.9 Å². The zero-order chi connectivity index (χ0) is 19.1. The number of aromatic nitrogens is 3. The Morgan fingerprint density at radius 2 is 1.89 bits per heavy atom. The summed E-state index contributed by atoms with van der Waals surface area (Å²) in [5.74, 6) is 0.949. The average Bonchev–Trinajstić information content (AvgIpc) is 2.71. The Kier molecular flexibility index (Phi) is 5.94. The molecule has 0 atom stereocenters. The number of hydrogen-bond acceptors (Lipinski definition) is 6. The Morgan fingerprint density at radius 3 is 2.59 bits per heavy atom. The summed E-state index contributed by atoms with van der Waals surface area (Å²) >= 11 is 0. The van der Waals surface area contributed by atoms with Crippen molar-refractivity contribution in [2.24, 2.45) is 0 Å². The average molecular weight is 363 g/mol. The first-order chi connectivity index (χ1) is 13.1. The maximum Gasteiger partial charge on any atom is 0.270 e. The summed E-state index contributed by atoms with van der Waals surface area (Å²) in [6, 6.07) is 14.9. The highest BCUT2D eigenvalue weighted by molar-refractivity contribution is 5.92. The summed E-state index contributed by atoms with van der Waals surface area (Å²) in [5, 5.41) is 5.98. The van der Waals surface area contributed by atoms with E-state index >= 15 is 0 Å². The van der Waals surface area contributed by atoms with Gasteiger partial charge in [0.25, 0.3) is 5.91 Å². The number of carbonyl (C=O) groups is 1. The molecule has 138 valence electrons. The maximum atomic E-state index is 12.4. The topological polar surface area (TPSA) is 89.0 Å². The summed E-state index contributed by atoms with van der Waals surface area (Å²) in [6.45, 7) is 2.72. The minimum atomic E-state index is -0.265. The predicted molar refractivity (Wildman–Crippen MR) is 102 cm³/mol. The first-order valence-electron chi connectivity index (χ1n) is 8.54. The molecule has 7 heteroatoms. The van der Waals surface area contributed by atoms with E-state index in [0.717, 1.165) is 17.0 Å². The van der Waals surface area contributed by atoms with Crippen LogP contribution >= 0.6 is 0 Å². The molecule has 3 rings (SSSR count). The quantitative estimate of drug-likeness (QED) is 0.671. The number of rotatable bonds is 7. The maximum absolute atomic E-state index is 12.4. The van der Waals surface area contributed by atoms with E-state index in [1.54, 1.807) is 19.4 Å². The van der Waals surface area contributed by atoms with Gasteiger partial charge in [-0.2, -0.15) is 0 Å². The van der Waals surface area contributed by atoms with E-state index in [0.29, 0.717) is 30.4 Å². The number of nitrogens with one attached hydrogen (secondary N) is 2. The number of aryl methyl sites for hydroxylation is 1. The minimum Gasteiger partial charge on any atom is -0.497 e. The summed E-state index contributed by atoms with van der Waals surface area (Å²) in [5.41, 5.74) is 2.87. The molecule has 27 heavy (non-hydrogen) atoms. The second-order valence-electron chi connectivity index (χ2n) is 5.92. The van der Waals surface area contributed by atoms with Crippen LogP contribution in [0.1, 0.15) is 27.4 Å². The zero-order valence-corrected chi connectivity index (χ0v) is 15.3. The summed E-state index contributed by atoms with van der Waals surface area (Å²) in [6.07, 6.45) is 1.69. The number of ether oxygens (including phenoxy) is 1. The standard InChI is InChI=1S/C20H21N5O2/c1-14-11-18(19(26)22-13-16-5-3-4-10-21-16)25-20(24-14)23-12-15-6-8-17(27-2)9-7-15/h3-11H,12-13H2,1-2H3,(H,22,26)(H,23,24,25). The highest BCUT2D eigenvalue weighted by Gasteiger charge is 2.11. The Morgan fingerprint density at radius 1 is 1.07 bits per heavy atom. The smallest absolute Gasteiger partial charge is 0.270 e. The van der Waals surface area contributed by atoms with Gasteiger partial charge in [-0.05, 0) is 42.8 Å². The molecule has 2 heterocycles. The molecule has 3 aromatic rings.